The second-order valence-electron chi connectivity index (χ2n) is 2.81. The molecule has 5 heteroatoms. The van der Waals surface area contributed by atoms with Crippen molar-refractivity contribution in [2.75, 3.05) is 0 Å². The molecule has 0 radical (unpaired) electrons. The number of rotatable bonds is 3. The molecule has 0 unspecified atom stereocenters. The quantitative estimate of drug-likeness (QED) is 0.734. The van der Waals surface area contributed by atoms with Crippen LogP contribution in [0.4, 0.5) is 4.79 Å². The minimum absolute atomic E-state index is 0.00245. The number of nitrogens with zero attached hydrogens (tertiary/aromatic N) is 1. The van der Waals surface area contributed by atoms with Crippen LogP contribution in [0.25, 0.3) is 0 Å². The van der Waals surface area contributed by atoms with Crippen molar-refractivity contribution in [3.63, 3.8) is 0 Å². The van der Waals surface area contributed by atoms with E-state index in [0.717, 1.165) is 0 Å². The Hall–Kier alpha value is -2.17. The predicted octanol–water partition coefficient (Wildman–Crippen LogP) is 1.43. The van der Waals surface area contributed by atoms with E-state index in [1.54, 1.807) is 30.3 Å². The summed E-state index contributed by atoms with van der Waals surface area (Å²) in [5.74, 6) is -1.32. The normalized spacial score (nSPS) is 11.1. The fraction of sp³-hybridized carbons (Fsp3) is 0.100. The largest absolute Gasteiger partial charge is 0.477 e. The van der Waals surface area contributed by atoms with E-state index < -0.39 is 12.1 Å². The van der Waals surface area contributed by atoms with Gasteiger partial charge in [-0.2, -0.15) is 4.99 Å². The summed E-state index contributed by atoms with van der Waals surface area (Å²) in [6, 6.07) is 8.70. The Kier molecular flexibility index (Phi) is 3.56. The molecule has 0 bridgehead atoms. The molecular weight excluding hydrogens is 198 g/mol. The summed E-state index contributed by atoms with van der Waals surface area (Å²) < 4.78 is 0. The molecule has 0 saturated heterocycles. The van der Waals surface area contributed by atoms with Crippen LogP contribution in [0.15, 0.2) is 35.3 Å². The monoisotopic (exact) mass is 207 g/mol. The number of aliphatic imine (C=N–C) groups is 1. The molecule has 0 saturated carbocycles. The lowest BCUT2D eigenvalue weighted by molar-refractivity contribution is -0.129. The highest BCUT2D eigenvalue weighted by Gasteiger charge is 2.11. The van der Waals surface area contributed by atoms with Crippen LogP contribution in [0.5, 0.6) is 0 Å². The van der Waals surface area contributed by atoms with Crippen molar-refractivity contribution in [1.29, 1.82) is 0 Å². The Bertz CT molecular complexity index is 397. The first kappa shape index (κ1) is 10.9. The highest BCUT2D eigenvalue weighted by molar-refractivity contribution is 6.37. The zero-order chi connectivity index (χ0) is 11.3. The van der Waals surface area contributed by atoms with E-state index in [0.29, 0.717) is 5.56 Å². The van der Waals surface area contributed by atoms with Crippen LogP contribution in [0.1, 0.15) is 5.56 Å². The number of hydrogen-bond acceptors (Lipinski definition) is 2. The molecule has 78 valence electrons. The fourth-order valence-electron chi connectivity index (χ4n) is 1.07. The molecule has 1 aromatic rings. The van der Waals surface area contributed by atoms with Gasteiger partial charge in [-0.25, -0.2) is 9.59 Å². The van der Waals surface area contributed by atoms with Gasteiger partial charge in [0.05, 0.1) is 0 Å². The third kappa shape index (κ3) is 3.60. The number of aliphatic carboxylic acids is 1. The summed E-state index contributed by atoms with van der Waals surface area (Å²) in [5, 5.41) is 17.0. The number of hydrogen-bond donors (Lipinski definition) is 2. The van der Waals surface area contributed by atoms with Gasteiger partial charge in [-0.05, 0) is 5.56 Å². The zero-order valence-electron chi connectivity index (χ0n) is 7.75. The highest BCUT2D eigenvalue weighted by Crippen LogP contribution is 2.01. The van der Waals surface area contributed by atoms with Gasteiger partial charge < -0.3 is 10.2 Å². The van der Waals surface area contributed by atoms with E-state index in [4.69, 9.17) is 10.2 Å². The number of carbonyl (C=O) groups is 2. The second kappa shape index (κ2) is 4.90. The minimum Gasteiger partial charge on any atom is -0.477 e. The third-order valence-electron chi connectivity index (χ3n) is 1.69. The van der Waals surface area contributed by atoms with Crippen molar-refractivity contribution >= 4 is 17.8 Å². The smallest absolute Gasteiger partial charge is 0.431 e. The van der Waals surface area contributed by atoms with Crippen molar-refractivity contribution < 1.29 is 19.8 Å². The standard InChI is InChI=1S/C10H9NO4/c12-9(13)8(11-10(14)15)6-7-4-2-1-3-5-7/h1-5H,6H2,(H,12,13)(H,14,15). The number of carboxylic acids is 1. The van der Waals surface area contributed by atoms with Crippen LogP contribution in [-0.4, -0.2) is 28.0 Å². The molecule has 15 heavy (non-hydrogen) atoms. The third-order valence-corrected chi connectivity index (χ3v) is 1.69. The Morgan fingerprint density at radius 2 is 1.73 bits per heavy atom. The van der Waals surface area contributed by atoms with Crippen LogP contribution in [-0.2, 0) is 11.2 Å². The first-order valence-electron chi connectivity index (χ1n) is 4.17. The number of carboxylic acid groups (broad SMARTS) is 2. The van der Waals surface area contributed by atoms with Gasteiger partial charge in [0.15, 0.2) is 0 Å². The van der Waals surface area contributed by atoms with E-state index in [2.05, 4.69) is 4.99 Å². The van der Waals surface area contributed by atoms with Gasteiger partial charge in [0.25, 0.3) is 0 Å². The molecule has 0 fully saturated rings. The Balaban J connectivity index is 2.86. The van der Waals surface area contributed by atoms with E-state index >= 15 is 0 Å². The summed E-state index contributed by atoms with van der Waals surface area (Å²) in [7, 11) is 0. The molecule has 5 nitrogen and oxygen atoms in total. The van der Waals surface area contributed by atoms with Crippen LogP contribution < -0.4 is 0 Å². The van der Waals surface area contributed by atoms with Crippen LogP contribution in [0.3, 0.4) is 0 Å². The molecule has 0 heterocycles. The Labute approximate surface area is 85.7 Å². The summed E-state index contributed by atoms with van der Waals surface area (Å²) in [5.41, 5.74) is 0.327. The van der Waals surface area contributed by atoms with Crippen molar-refractivity contribution in [2.24, 2.45) is 4.99 Å². The zero-order valence-corrected chi connectivity index (χ0v) is 7.75. The van der Waals surface area contributed by atoms with Crippen LogP contribution in [0, 0.1) is 0 Å². The van der Waals surface area contributed by atoms with Gasteiger partial charge in [0, 0.05) is 6.42 Å². The van der Waals surface area contributed by atoms with Gasteiger partial charge in [-0.1, -0.05) is 30.3 Å². The summed E-state index contributed by atoms with van der Waals surface area (Å²) in [4.78, 5) is 23.9. The predicted molar refractivity (Wildman–Crippen MR) is 53.2 cm³/mol. The molecule has 0 spiro atoms. The molecule has 2 N–H and O–H groups in total. The molecule has 0 atom stereocenters. The Morgan fingerprint density at radius 3 is 2.20 bits per heavy atom. The minimum atomic E-state index is -1.50. The highest BCUT2D eigenvalue weighted by atomic mass is 16.4. The summed E-state index contributed by atoms with van der Waals surface area (Å²) >= 11 is 0. The maximum atomic E-state index is 10.6. The van der Waals surface area contributed by atoms with Gasteiger partial charge >= 0.3 is 12.1 Å². The molecule has 0 aromatic heterocycles. The molecule has 0 aliphatic heterocycles. The number of benzene rings is 1. The molecular formula is C10H9NO4. The lowest BCUT2D eigenvalue weighted by Crippen LogP contribution is -2.17. The Morgan fingerprint density at radius 1 is 1.13 bits per heavy atom. The molecule has 1 rings (SSSR count). The first-order valence-corrected chi connectivity index (χ1v) is 4.17. The molecule has 0 aliphatic carbocycles. The maximum Gasteiger partial charge on any atom is 0.431 e. The lowest BCUT2D eigenvalue weighted by atomic mass is 10.1. The first-order chi connectivity index (χ1) is 7.09. The number of amides is 1. The van der Waals surface area contributed by atoms with Crippen molar-refractivity contribution in [3.8, 4) is 0 Å². The molecule has 1 aromatic carbocycles. The average molecular weight is 207 g/mol. The van der Waals surface area contributed by atoms with Crippen molar-refractivity contribution in [3.05, 3.63) is 35.9 Å². The van der Waals surface area contributed by atoms with E-state index in [9.17, 15) is 9.59 Å². The SMILES string of the molecule is O=C(O)N=C(Cc1ccccc1)C(=O)O. The van der Waals surface area contributed by atoms with E-state index in [1.165, 1.54) is 0 Å². The van der Waals surface area contributed by atoms with E-state index in [-0.39, 0.29) is 12.1 Å². The summed E-state index contributed by atoms with van der Waals surface area (Å²) in [6.45, 7) is 0. The second-order valence-corrected chi connectivity index (χ2v) is 2.81. The van der Waals surface area contributed by atoms with E-state index in [1.807, 2.05) is 0 Å². The van der Waals surface area contributed by atoms with Crippen LogP contribution in [0.2, 0.25) is 0 Å². The van der Waals surface area contributed by atoms with Gasteiger partial charge in [0.1, 0.15) is 5.71 Å². The van der Waals surface area contributed by atoms with Crippen molar-refractivity contribution in [1.82, 2.24) is 0 Å². The van der Waals surface area contributed by atoms with Gasteiger partial charge in [-0.15, -0.1) is 0 Å². The van der Waals surface area contributed by atoms with Crippen molar-refractivity contribution in [2.45, 2.75) is 6.42 Å². The van der Waals surface area contributed by atoms with Gasteiger partial charge in [0.2, 0.25) is 0 Å². The average Bonchev–Trinajstić information content (AvgIpc) is 2.17. The summed E-state index contributed by atoms with van der Waals surface area (Å²) in [6.07, 6.45) is -1.49. The molecule has 1 amide bonds. The fourth-order valence-corrected chi connectivity index (χ4v) is 1.07. The maximum absolute atomic E-state index is 10.6. The molecule has 0 aliphatic rings. The lowest BCUT2D eigenvalue weighted by Gasteiger charge is -1.99. The van der Waals surface area contributed by atoms with Crippen LogP contribution >= 0.6 is 0 Å². The topological polar surface area (TPSA) is 87.0 Å². The van der Waals surface area contributed by atoms with Gasteiger partial charge in [-0.3, -0.25) is 0 Å².